The third-order valence-electron chi connectivity index (χ3n) is 0.102. The molecule has 0 radical (unpaired) electrons. The van der Waals surface area contributed by atoms with Gasteiger partial charge in [0.05, 0.1) is 0 Å². The van der Waals surface area contributed by atoms with E-state index in [2.05, 4.69) is 9.22 Å². The fourth-order valence-corrected chi connectivity index (χ4v) is 0. The Morgan fingerprint density at radius 3 is 2.00 bits per heavy atom. The molecule has 1 heterocycles. The molecule has 4 heavy (non-hydrogen) atoms. The molecule has 1 aromatic rings. The van der Waals surface area contributed by atoms with Crippen LogP contribution in [0.5, 0.6) is 0 Å². The van der Waals surface area contributed by atoms with Crippen molar-refractivity contribution in [2.24, 2.45) is 0 Å². The first-order chi connectivity index (χ1) is 1.50. The van der Waals surface area contributed by atoms with Crippen molar-refractivity contribution in [3.05, 3.63) is 0 Å². The number of nitrogens with one attached hydrogen (secondary N) is 1. The molecule has 4 heteroatoms. The van der Waals surface area contributed by atoms with Crippen molar-refractivity contribution in [3.63, 3.8) is 0 Å². The quantitative estimate of drug-likeness (QED) is 0.460. The van der Waals surface area contributed by atoms with E-state index in [0.717, 1.165) is 0 Å². The smallest absolute Gasteiger partial charge is 0.162 e. The molecule has 0 fully saturated rings. The SMILES string of the molecule is [KH].[nH]1o[pH]1. The molecule has 1 unspecified atom stereocenters. The summed E-state index contributed by atoms with van der Waals surface area (Å²) in [5, 5.41) is 0. The maximum atomic E-state index is 4.28. The molecule has 0 saturated heterocycles. The first kappa shape index (κ1) is 5.54. The van der Waals surface area contributed by atoms with Crippen LogP contribution in [0.1, 0.15) is 0 Å². The molecule has 0 aliphatic carbocycles. The Bertz CT molecular complexity index is 36.1. The average Bonchev–Trinajstić information content (AvgIpc) is 1.46. The van der Waals surface area contributed by atoms with E-state index in [0.29, 0.717) is 8.59 Å². The first-order valence-corrected chi connectivity index (χ1v) is 1.57. The van der Waals surface area contributed by atoms with Crippen molar-refractivity contribution in [2.45, 2.75) is 0 Å². The summed E-state index contributed by atoms with van der Waals surface area (Å²) in [4.78, 5) is 2.53. The minimum absolute atomic E-state index is 0. The van der Waals surface area contributed by atoms with E-state index in [1.165, 1.54) is 0 Å². The van der Waals surface area contributed by atoms with E-state index in [9.17, 15) is 0 Å². The van der Waals surface area contributed by atoms with E-state index in [-0.39, 0.29) is 51.4 Å². The van der Waals surface area contributed by atoms with Crippen LogP contribution >= 0.6 is 8.59 Å². The van der Waals surface area contributed by atoms with Crippen LogP contribution in [0, 0.1) is 0 Å². The maximum absolute atomic E-state index is 4.28. The van der Waals surface area contributed by atoms with Gasteiger partial charge in [0, 0.05) is 0 Å². The van der Waals surface area contributed by atoms with Crippen molar-refractivity contribution >= 4 is 60.0 Å². The topological polar surface area (TPSA) is 28.9 Å². The molecule has 0 bridgehead atoms. The van der Waals surface area contributed by atoms with Gasteiger partial charge >= 0.3 is 51.4 Å². The number of H-pyrrole nitrogens is 1. The molecule has 1 aromatic heterocycles. The number of aromatic nitrogens is 1. The third kappa shape index (κ3) is 3.54. The van der Waals surface area contributed by atoms with Crippen molar-refractivity contribution in [1.29, 1.82) is 0 Å². The van der Waals surface area contributed by atoms with Crippen LogP contribution in [0.25, 0.3) is 0 Å². The summed E-state index contributed by atoms with van der Waals surface area (Å²) in [5.74, 6) is 0. The third-order valence-corrected chi connectivity index (χ3v) is 0.306. The number of hydrogen-bond acceptors (Lipinski definition) is 1. The molecule has 0 amide bonds. The van der Waals surface area contributed by atoms with Gasteiger partial charge in [-0.25, -0.2) is 0 Å². The van der Waals surface area contributed by atoms with Gasteiger partial charge in [-0.2, -0.15) is 4.92 Å². The predicted octanol–water partition coefficient (Wildman–Crippen LogP) is -0.00950. The van der Waals surface area contributed by atoms with E-state index in [4.69, 9.17) is 0 Å². The summed E-state index contributed by atoms with van der Waals surface area (Å²) < 4.78 is 4.28. The predicted molar refractivity (Wildman–Crippen MR) is 19.7 cm³/mol. The van der Waals surface area contributed by atoms with Crippen molar-refractivity contribution in [2.75, 3.05) is 0 Å². The molecule has 0 aliphatic rings. The molecule has 20 valence electrons. The first-order valence-electron chi connectivity index (χ1n) is 0.658. The minimum Gasteiger partial charge on any atom is -0.354 e. The van der Waals surface area contributed by atoms with E-state index < -0.39 is 0 Å². The second-order valence-electron chi connectivity index (χ2n) is 0.306. The Morgan fingerprint density at radius 1 is 1.75 bits per heavy atom. The molecule has 1 N–H and O–H groups in total. The van der Waals surface area contributed by atoms with Gasteiger partial charge in [-0.15, -0.1) is 0 Å². The van der Waals surface area contributed by atoms with Gasteiger partial charge in [0.1, 0.15) is 0 Å². The van der Waals surface area contributed by atoms with Gasteiger partial charge in [-0.3, -0.25) is 0 Å². The number of rotatable bonds is 0. The summed E-state index contributed by atoms with van der Waals surface area (Å²) >= 11 is 0. The summed E-state index contributed by atoms with van der Waals surface area (Å²) in [5.41, 5.74) is 0. The molecule has 1 rings (SSSR count). The van der Waals surface area contributed by atoms with Crippen LogP contribution in [-0.4, -0.2) is 56.3 Å². The van der Waals surface area contributed by atoms with Crippen molar-refractivity contribution < 1.29 is 4.30 Å². The fourth-order valence-electron chi connectivity index (χ4n) is 0. The van der Waals surface area contributed by atoms with Gasteiger partial charge in [0.15, 0.2) is 8.59 Å². The Labute approximate surface area is 67.9 Å². The molecular weight excluding hydrogens is 100 g/mol. The second-order valence-corrected chi connectivity index (χ2v) is 0.919. The Kier molecular flexibility index (Phi) is 3.82. The maximum Gasteiger partial charge on any atom is 0.162 e. The summed E-state index contributed by atoms with van der Waals surface area (Å²) in [7, 11) is 0.583. The number of hydrogen-bond donors (Lipinski definition) is 1. The van der Waals surface area contributed by atoms with Crippen molar-refractivity contribution in [3.8, 4) is 0 Å². The zero-order valence-corrected chi connectivity index (χ0v) is 2.41. The second kappa shape index (κ2) is 2.76. The van der Waals surface area contributed by atoms with Gasteiger partial charge in [0.25, 0.3) is 0 Å². The number of aromatic amines is 1. The average molecular weight is 103 g/mol. The monoisotopic (exact) mass is 103 g/mol. The summed E-state index contributed by atoms with van der Waals surface area (Å²) in [6, 6.07) is 0. The zero-order valence-electron chi connectivity index (χ0n) is 1.41. The van der Waals surface area contributed by atoms with Crippen LogP contribution in [0.2, 0.25) is 0 Å². The molecule has 0 aromatic carbocycles. The van der Waals surface area contributed by atoms with Crippen LogP contribution in [0.4, 0.5) is 0 Å². The van der Waals surface area contributed by atoms with Gasteiger partial charge in [0.2, 0.25) is 0 Å². The molecule has 1 atom stereocenters. The van der Waals surface area contributed by atoms with Gasteiger partial charge in [-0.1, -0.05) is 0 Å². The van der Waals surface area contributed by atoms with E-state index in [1.807, 2.05) is 0 Å². The van der Waals surface area contributed by atoms with Crippen molar-refractivity contribution in [1.82, 2.24) is 4.92 Å². The largest absolute Gasteiger partial charge is 0.354 e. The van der Waals surface area contributed by atoms with Crippen LogP contribution < -0.4 is 0 Å². The van der Waals surface area contributed by atoms with E-state index in [1.54, 1.807) is 0 Å². The van der Waals surface area contributed by atoms with Gasteiger partial charge < -0.3 is 4.30 Å². The molecule has 0 spiro atoms. The van der Waals surface area contributed by atoms with Crippen LogP contribution in [-0.2, 0) is 0 Å². The Morgan fingerprint density at radius 2 is 2.00 bits per heavy atom. The molecule has 0 aliphatic heterocycles. The summed E-state index contributed by atoms with van der Waals surface area (Å²) in [6.07, 6.45) is 0. The summed E-state index contributed by atoms with van der Waals surface area (Å²) in [6.45, 7) is 0. The molecule has 2 nitrogen and oxygen atoms in total. The standard InChI is InChI=1S/K.H2NOP.H/c;1-2-3-1;/h;1,3H;. The fraction of sp³-hybridized carbons (Fsp3) is 0. The Balaban J connectivity index is 0.0000000900. The minimum atomic E-state index is 0. The van der Waals surface area contributed by atoms with Crippen LogP contribution in [0.3, 0.4) is 0 Å². The van der Waals surface area contributed by atoms with E-state index >= 15 is 0 Å². The normalized spacial score (nSPS) is 8.00. The zero-order chi connectivity index (χ0) is 2.12. The Hall–Kier alpha value is 1.54. The molecule has 0 saturated carbocycles. The van der Waals surface area contributed by atoms with Gasteiger partial charge in [-0.05, 0) is 0 Å². The molecular formula is H3KNOP. The van der Waals surface area contributed by atoms with Crippen LogP contribution in [0.15, 0.2) is 4.30 Å².